The third-order valence-electron chi connectivity index (χ3n) is 3.35. The third-order valence-corrected chi connectivity index (χ3v) is 3.35. The van der Waals surface area contributed by atoms with Crippen LogP contribution in [0.1, 0.15) is 71.6 Å². The Balaban J connectivity index is 0.000000980. The Labute approximate surface area is 135 Å². The molecular formula is C17H28O4S. The lowest BCUT2D eigenvalue weighted by Gasteiger charge is -2.30. The standard InChI is InChI=1S/C17H28O.O3S/c1-8-9-13-14(16(2,3)4)10-12(18)11-15(13)17(5,6)7;1-4(2)3/h10-11,18H,8-9H2,1-7H3;. The summed E-state index contributed by atoms with van der Waals surface area (Å²) in [5, 5.41) is 10.0. The molecule has 4 nitrogen and oxygen atoms in total. The van der Waals surface area contributed by atoms with Crippen LogP contribution in [0.25, 0.3) is 0 Å². The van der Waals surface area contributed by atoms with E-state index in [1.165, 1.54) is 16.7 Å². The molecule has 0 amide bonds. The van der Waals surface area contributed by atoms with Crippen LogP contribution in [-0.4, -0.2) is 17.7 Å². The van der Waals surface area contributed by atoms with E-state index in [1.54, 1.807) is 0 Å². The highest BCUT2D eigenvalue weighted by molar-refractivity contribution is 7.59. The molecule has 126 valence electrons. The van der Waals surface area contributed by atoms with Gasteiger partial charge in [-0.15, -0.1) is 12.6 Å². The summed E-state index contributed by atoms with van der Waals surface area (Å²) in [7, 11) is -3.11. The van der Waals surface area contributed by atoms with Crippen molar-refractivity contribution in [1.29, 1.82) is 0 Å². The van der Waals surface area contributed by atoms with Crippen molar-refractivity contribution in [3.05, 3.63) is 28.8 Å². The van der Waals surface area contributed by atoms with Crippen molar-refractivity contribution in [2.45, 2.75) is 72.1 Å². The fraction of sp³-hybridized carbons (Fsp3) is 0.647. The zero-order valence-electron chi connectivity index (χ0n) is 14.6. The molecule has 5 heteroatoms. The molecule has 0 heterocycles. The molecule has 0 atom stereocenters. The number of benzene rings is 1. The van der Waals surface area contributed by atoms with Gasteiger partial charge in [0.1, 0.15) is 5.75 Å². The molecular weight excluding hydrogens is 300 g/mol. The van der Waals surface area contributed by atoms with Crippen LogP contribution in [-0.2, 0) is 27.9 Å². The van der Waals surface area contributed by atoms with Gasteiger partial charge < -0.3 is 5.11 Å². The van der Waals surface area contributed by atoms with Crippen molar-refractivity contribution in [3.63, 3.8) is 0 Å². The monoisotopic (exact) mass is 328 g/mol. The molecule has 0 aliphatic heterocycles. The van der Waals surface area contributed by atoms with E-state index in [-0.39, 0.29) is 10.8 Å². The van der Waals surface area contributed by atoms with E-state index in [9.17, 15) is 5.11 Å². The van der Waals surface area contributed by atoms with Crippen molar-refractivity contribution in [2.24, 2.45) is 0 Å². The van der Waals surface area contributed by atoms with Crippen LogP contribution in [0.2, 0.25) is 0 Å². The molecule has 1 N–H and O–H groups in total. The van der Waals surface area contributed by atoms with Crippen LogP contribution in [0.5, 0.6) is 5.75 Å². The van der Waals surface area contributed by atoms with E-state index in [0.29, 0.717) is 5.75 Å². The van der Waals surface area contributed by atoms with Crippen molar-refractivity contribution in [3.8, 4) is 5.75 Å². The van der Waals surface area contributed by atoms with Crippen LogP contribution in [0, 0.1) is 0 Å². The minimum Gasteiger partial charge on any atom is -0.508 e. The van der Waals surface area contributed by atoms with Gasteiger partial charge >= 0.3 is 10.6 Å². The quantitative estimate of drug-likeness (QED) is 0.892. The maximum atomic E-state index is 10.0. The predicted octanol–water partition coefficient (Wildman–Crippen LogP) is 3.94. The van der Waals surface area contributed by atoms with Crippen molar-refractivity contribution in [1.82, 2.24) is 0 Å². The molecule has 1 aromatic carbocycles. The molecule has 0 unspecified atom stereocenters. The Morgan fingerprint density at radius 1 is 0.909 bits per heavy atom. The second-order valence-electron chi connectivity index (χ2n) is 7.47. The van der Waals surface area contributed by atoms with E-state index in [4.69, 9.17) is 12.6 Å². The first-order valence-electron chi connectivity index (χ1n) is 7.44. The molecule has 0 spiro atoms. The molecule has 0 aromatic heterocycles. The van der Waals surface area contributed by atoms with Crippen LogP contribution in [0.3, 0.4) is 0 Å². The highest BCUT2D eigenvalue weighted by atomic mass is 32.2. The summed E-state index contributed by atoms with van der Waals surface area (Å²) < 4.78 is 25.3. The smallest absolute Gasteiger partial charge is 0.425 e. The largest absolute Gasteiger partial charge is 0.508 e. The van der Waals surface area contributed by atoms with Gasteiger partial charge in [0.25, 0.3) is 0 Å². The normalized spacial score (nSPS) is 11.6. The summed E-state index contributed by atoms with van der Waals surface area (Å²) in [5.41, 5.74) is 4.14. The van der Waals surface area contributed by atoms with Gasteiger partial charge in [0, 0.05) is 0 Å². The topological polar surface area (TPSA) is 71.4 Å². The Morgan fingerprint density at radius 2 is 1.23 bits per heavy atom. The molecule has 1 aromatic rings. The lowest BCUT2D eigenvalue weighted by Crippen LogP contribution is -2.21. The van der Waals surface area contributed by atoms with E-state index < -0.39 is 10.6 Å². The van der Waals surface area contributed by atoms with Gasteiger partial charge in [0.2, 0.25) is 0 Å². The molecule has 1 rings (SSSR count). The van der Waals surface area contributed by atoms with Gasteiger partial charge in [-0.05, 0) is 46.1 Å². The SMILES string of the molecule is CCCc1c(C(C)(C)C)cc(O)cc1C(C)(C)C.O=S(=O)=O. The minimum absolute atomic E-state index is 0.0727. The van der Waals surface area contributed by atoms with Gasteiger partial charge in [-0.25, -0.2) is 0 Å². The van der Waals surface area contributed by atoms with E-state index in [0.717, 1.165) is 12.8 Å². The summed E-state index contributed by atoms with van der Waals surface area (Å²) >= 11 is 0. The summed E-state index contributed by atoms with van der Waals surface area (Å²) in [6, 6.07) is 3.89. The van der Waals surface area contributed by atoms with Crippen LogP contribution < -0.4 is 0 Å². The number of aromatic hydroxyl groups is 1. The number of hydrogen-bond donors (Lipinski definition) is 1. The Bertz CT molecular complexity index is 560. The summed E-state index contributed by atoms with van der Waals surface area (Å²) in [4.78, 5) is 0. The van der Waals surface area contributed by atoms with Gasteiger partial charge in [0.15, 0.2) is 0 Å². The second kappa shape index (κ2) is 7.77. The highest BCUT2D eigenvalue weighted by Gasteiger charge is 2.25. The number of phenolic OH excluding ortho intramolecular Hbond substituents is 1. The second-order valence-corrected chi connectivity index (χ2v) is 7.88. The van der Waals surface area contributed by atoms with Gasteiger partial charge in [-0.2, -0.15) is 0 Å². The average Bonchev–Trinajstić information content (AvgIpc) is 2.27. The zero-order chi connectivity index (χ0) is 17.7. The fourth-order valence-corrected chi connectivity index (χ4v) is 2.51. The number of phenols is 1. The Morgan fingerprint density at radius 3 is 1.45 bits per heavy atom. The van der Waals surface area contributed by atoms with E-state index in [2.05, 4.69) is 48.5 Å². The first kappa shape index (κ1) is 20.6. The molecule has 0 bridgehead atoms. The third kappa shape index (κ3) is 6.60. The van der Waals surface area contributed by atoms with Crippen molar-refractivity contribution >= 4 is 10.6 Å². The van der Waals surface area contributed by atoms with Crippen molar-refractivity contribution in [2.75, 3.05) is 0 Å². The molecule has 0 saturated carbocycles. The first-order chi connectivity index (χ1) is 9.80. The maximum absolute atomic E-state index is 10.0. The Hall–Kier alpha value is -1.36. The van der Waals surface area contributed by atoms with Gasteiger partial charge in [0.05, 0.1) is 0 Å². The van der Waals surface area contributed by atoms with Gasteiger partial charge in [-0.3, -0.25) is 0 Å². The van der Waals surface area contributed by atoms with Crippen LogP contribution >= 0.6 is 0 Å². The molecule has 0 aliphatic carbocycles. The molecule has 0 saturated heterocycles. The first-order valence-corrected chi connectivity index (χ1v) is 8.44. The van der Waals surface area contributed by atoms with Crippen LogP contribution in [0.4, 0.5) is 0 Å². The van der Waals surface area contributed by atoms with E-state index >= 15 is 0 Å². The summed E-state index contributed by atoms with van der Waals surface area (Å²) in [6.07, 6.45) is 2.22. The molecule has 22 heavy (non-hydrogen) atoms. The highest BCUT2D eigenvalue weighted by Crippen LogP contribution is 2.37. The lowest BCUT2D eigenvalue weighted by atomic mass is 9.75. The average molecular weight is 328 g/mol. The fourth-order valence-electron chi connectivity index (χ4n) is 2.51. The number of hydrogen-bond acceptors (Lipinski definition) is 4. The molecule has 0 aliphatic rings. The maximum Gasteiger partial charge on any atom is 0.425 e. The zero-order valence-corrected chi connectivity index (χ0v) is 15.5. The van der Waals surface area contributed by atoms with Crippen LogP contribution in [0.15, 0.2) is 12.1 Å². The molecule has 0 radical (unpaired) electrons. The Kier molecular flexibility index (Phi) is 7.29. The van der Waals surface area contributed by atoms with E-state index in [1.807, 2.05) is 12.1 Å². The summed E-state index contributed by atoms with van der Waals surface area (Å²) in [5.74, 6) is 0.393. The summed E-state index contributed by atoms with van der Waals surface area (Å²) in [6.45, 7) is 15.5. The lowest BCUT2D eigenvalue weighted by molar-refractivity contribution is 0.463. The minimum atomic E-state index is -3.11. The predicted molar refractivity (Wildman–Crippen MR) is 89.2 cm³/mol. The van der Waals surface area contributed by atoms with Gasteiger partial charge in [-0.1, -0.05) is 54.9 Å². The number of rotatable bonds is 2. The molecule has 0 fully saturated rings. The van der Waals surface area contributed by atoms with Crippen molar-refractivity contribution < 1.29 is 17.7 Å².